The van der Waals surface area contributed by atoms with Crippen LogP contribution in [0.4, 0.5) is 0 Å². The number of H-pyrrole nitrogens is 1. The van der Waals surface area contributed by atoms with Crippen molar-refractivity contribution >= 4 is 23.7 Å². The molecule has 6 heteroatoms. The second-order valence-electron chi connectivity index (χ2n) is 3.70. The topological polar surface area (TPSA) is 53.6 Å². The van der Waals surface area contributed by atoms with E-state index in [0.717, 1.165) is 29.5 Å². The van der Waals surface area contributed by atoms with Crippen molar-refractivity contribution in [2.75, 3.05) is 0 Å². The molecule has 0 aliphatic carbocycles. The third-order valence-electron chi connectivity index (χ3n) is 2.41. The summed E-state index contributed by atoms with van der Waals surface area (Å²) >= 11 is 1.72. The Balaban J connectivity index is 0.00000144. The summed E-state index contributed by atoms with van der Waals surface area (Å²) in [5.41, 5.74) is 1.10. The van der Waals surface area contributed by atoms with Crippen LogP contribution in [0, 0.1) is 6.92 Å². The van der Waals surface area contributed by atoms with Crippen LogP contribution >= 0.6 is 23.7 Å². The number of aromatic amines is 1. The summed E-state index contributed by atoms with van der Waals surface area (Å²) in [4.78, 5) is 11.8. The first kappa shape index (κ1) is 14.2. The second-order valence-corrected chi connectivity index (χ2v) is 4.59. The third kappa shape index (κ3) is 3.80. The van der Waals surface area contributed by atoms with Gasteiger partial charge < -0.3 is 10.3 Å². The minimum absolute atomic E-state index is 0. The molecule has 2 aromatic rings. The van der Waals surface area contributed by atoms with Crippen LogP contribution in [0.25, 0.3) is 0 Å². The molecule has 0 radical (unpaired) electrons. The number of hydrogen-bond donors (Lipinski definition) is 2. The average Bonchev–Trinajstić information content (AvgIpc) is 2.91. The predicted octanol–water partition coefficient (Wildman–Crippen LogP) is 2.84. The standard InChI is InChI=1S/C11H16N4S.ClH/c1-3-9(11-15-8(2)7-16-11)14-6-10-12-4-5-13-10;/h4-5,7,9,14H,3,6H2,1-2H3,(H,12,13);1H. The van der Waals surface area contributed by atoms with Crippen LogP contribution in [0.5, 0.6) is 0 Å². The van der Waals surface area contributed by atoms with Crippen LogP contribution in [0.15, 0.2) is 17.8 Å². The molecule has 0 amide bonds. The summed E-state index contributed by atoms with van der Waals surface area (Å²) in [7, 11) is 0. The Morgan fingerprint density at radius 2 is 2.35 bits per heavy atom. The van der Waals surface area contributed by atoms with Crippen LogP contribution < -0.4 is 5.32 Å². The maximum Gasteiger partial charge on any atom is 0.120 e. The highest BCUT2D eigenvalue weighted by Gasteiger charge is 2.12. The minimum Gasteiger partial charge on any atom is -0.348 e. The molecule has 0 bridgehead atoms. The van der Waals surface area contributed by atoms with E-state index >= 15 is 0 Å². The number of hydrogen-bond acceptors (Lipinski definition) is 4. The monoisotopic (exact) mass is 272 g/mol. The summed E-state index contributed by atoms with van der Waals surface area (Å²) in [6, 6.07) is 0.323. The highest BCUT2D eigenvalue weighted by Crippen LogP contribution is 2.20. The van der Waals surface area contributed by atoms with E-state index in [1.165, 1.54) is 0 Å². The molecule has 0 aromatic carbocycles. The molecule has 2 aromatic heterocycles. The molecule has 1 unspecified atom stereocenters. The van der Waals surface area contributed by atoms with E-state index in [0.29, 0.717) is 6.04 Å². The summed E-state index contributed by atoms with van der Waals surface area (Å²) in [5, 5.41) is 6.70. The molecule has 1 atom stereocenters. The normalized spacial score (nSPS) is 12.1. The van der Waals surface area contributed by atoms with Gasteiger partial charge in [-0.1, -0.05) is 6.92 Å². The molecule has 2 heterocycles. The van der Waals surface area contributed by atoms with E-state index in [-0.39, 0.29) is 12.4 Å². The van der Waals surface area contributed by atoms with Crippen LogP contribution in [-0.4, -0.2) is 15.0 Å². The Morgan fingerprint density at radius 3 is 2.88 bits per heavy atom. The van der Waals surface area contributed by atoms with Crippen molar-refractivity contribution in [3.8, 4) is 0 Å². The van der Waals surface area contributed by atoms with Crippen LogP contribution in [-0.2, 0) is 6.54 Å². The Kier molecular flexibility index (Phi) is 5.61. The van der Waals surface area contributed by atoms with Crippen molar-refractivity contribution in [3.63, 3.8) is 0 Å². The van der Waals surface area contributed by atoms with Crippen molar-refractivity contribution in [2.24, 2.45) is 0 Å². The first-order valence-corrected chi connectivity index (χ1v) is 6.31. The molecule has 4 nitrogen and oxygen atoms in total. The number of aromatic nitrogens is 3. The number of aryl methyl sites for hydroxylation is 1. The Labute approximate surface area is 111 Å². The van der Waals surface area contributed by atoms with Gasteiger partial charge in [0.25, 0.3) is 0 Å². The Morgan fingerprint density at radius 1 is 1.53 bits per heavy atom. The van der Waals surface area contributed by atoms with Crippen LogP contribution in [0.2, 0.25) is 0 Å². The number of thiazole rings is 1. The molecule has 2 rings (SSSR count). The minimum atomic E-state index is 0. The molecule has 2 N–H and O–H groups in total. The van der Waals surface area contributed by atoms with Crippen molar-refractivity contribution in [2.45, 2.75) is 32.9 Å². The molecule has 0 fully saturated rings. The summed E-state index contributed by atoms with van der Waals surface area (Å²) in [5.74, 6) is 0.965. The van der Waals surface area contributed by atoms with Crippen LogP contribution in [0.3, 0.4) is 0 Å². The fourth-order valence-electron chi connectivity index (χ4n) is 1.55. The number of nitrogens with one attached hydrogen (secondary N) is 2. The van der Waals surface area contributed by atoms with Crippen LogP contribution in [0.1, 0.15) is 35.9 Å². The lowest BCUT2D eigenvalue weighted by atomic mass is 10.2. The van der Waals surface area contributed by atoms with Gasteiger partial charge in [0.15, 0.2) is 0 Å². The van der Waals surface area contributed by atoms with Gasteiger partial charge >= 0.3 is 0 Å². The summed E-state index contributed by atoms with van der Waals surface area (Å²) in [6.45, 7) is 4.94. The maximum atomic E-state index is 4.51. The van der Waals surface area contributed by atoms with Crippen molar-refractivity contribution in [1.29, 1.82) is 0 Å². The molecule has 0 saturated carbocycles. The average molecular weight is 273 g/mol. The van der Waals surface area contributed by atoms with Gasteiger partial charge in [-0.15, -0.1) is 23.7 Å². The van der Waals surface area contributed by atoms with Gasteiger partial charge in [0, 0.05) is 23.5 Å². The third-order valence-corrected chi connectivity index (χ3v) is 3.49. The summed E-state index contributed by atoms with van der Waals surface area (Å²) in [6.07, 6.45) is 4.64. The van der Waals surface area contributed by atoms with E-state index in [9.17, 15) is 0 Å². The van der Waals surface area contributed by atoms with Gasteiger partial charge in [0.2, 0.25) is 0 Å². The van der Waals surface area contributed by atoms with Crippen molar-refractivity contribution in [3.05, 3.63) is 34.3 Å². The summed E-state index contributed by atoms with van der Waals surface area (Å²) < 4.78 is 0. The zero-order valence-corrected chi connectivity index (χ0v) is 11.6. The Bertz CT molecular complexity index is 426. The molecule has 0 saturated heterocycles. The molecular weight excluding hydrogens is 256 g/mol. The van der Waals surface area contributed by atoms with Gasteiger partial charge in [0.1, 0.15) is 10.8 Å². The molecular formula is C11H17ClN4S. The first-order chi connectivity index (χ1) is 7.79. The Hall–Kier alpha value is -0.910. The predicted molar refractivity (Wildman–Crippen MR) is 72.6 cm³/mol. The van der Waals surface area contributed by atoms with Gasteiger partial charge in [-0.3, -0.25) is 0 Å². The fourth-order valence-corrected chi connectivity index (χ4v) is 2.51. The lowest BCUT2D eigenvalue weighted by Crippen LogP contribution is -2.20. The van der Waals surface area contributed by atoms with E-state index in [1.54, 1.807) is 17.5 Å². The lowest BCUT2D eigenvalue weighted by Gasteiger charge is -2.13. The fraction of sp³-hybridized carbons (Fsp3) is 0.455. The van der Waals surface area contributed by atoms with E-state index < -0.39 is 0 Å². The number of nitrogens with zero attached hydrogens (tertiary/aromatic N) is 2. The zero-order valence-electron chi connectivity index (χ0n) is 9.93. The van der Waals surface area contributed by atoms with Gasteiger partial charge in [-0.25, -0.2) is 9.97 Å². The quantitative estimate of drug-likeness (QED) is 0.880. The molecule has 0 aliphatic rings. The molecule has 94 valence electrons. The largest absolute Gasteiger partial charge is 0.348 e. The molecule has 17 heavy (non-hydrogen) atoms. The lowest BCUT2D eigenvalue weighted by molar-refractivity contribution is 0.507. The highest BCUT2D eigenvalue weighted by atomic mass is 35.5. The number of rotatable bonds is 5. The zero-order chi connectivity index (χ0) is 11.4. The van der Waals surface area contributed by atoms with Crippen molar-refractivity contribution in [1.82, 2.24) is 20.3 Å². The van der Waals surface area contributed by atoms with Gasteiger partial charge in [0.05, 0.1) is 12.6 Å². The smallest absolute Gasteiger partial charge is 0.120 e. The molecule has 0 spiro atoms. The van der Waals surface area contributed by atoms with E-state index in [1.807, 2.05) is 13.1 Å². The number of halogens is 1. The van der Waals surface area contributed by atoms with Gasteiger partial charge in [-0.2, -0.15) is 0 Å². The SMILES string of the molecule is CCC(NCc1ncc[nH]1)c1nc(C)cs1.Cl. The van der Waals surface area contributed by atoms with E-state index in [2.05, 4.69) is 32.6 Å². The first-order valence-electron chi connectivity index (χ1n) is 5.43. The maximum absolute atomic E-state index is 4.51. The molecule has 0 aliphatic heterocycles. The van der Waals surface area contributed by atoms with E-state index in [4.69, 9.17) is 0 Å². The number of imidazole rings is 1. The van der Waals surface area contributed by atoms with Gasteiger partial charge in [-0.05, 0) is 13.3 Å². The highest BCUT2D eigenvalue weighted by molar-refractivity contribution is 7.09. The second kappa shape index (κ2) is 6.74. The van der Waals surface area contributed by atoms with Crippen molar-refractivity contribution < 1.29 is 0 Å².